The van der Waals surface area contributed by atoms with Crippen molar-refractivity contribution in [3.8, 4) is 0 Å². The highest BCUT2D eigenvalue weighted by atomic mass is 16.3. The Bertz CT molecular complexity index is 384. The number of H-pyrrole nitrogens is 1. The third-order valence-electron chi connectivity index (χ3n) is 1.86. The molecule has 0 aliphatic heterocycles. The summed E-state index contributed by atoms with van der Waals surface area (Å²) in [5.74, 6) is -0.339. The molecule has 0 aliphatic carbocycles. The van der Waals surface area contributed by atoms with Crippen LogP contribution in [0.1, 0.15) is 23.8 Å². The molecule has 0 aromatic carbocycles. The SMILES string of the molecule is CC(O)CCNC(=O)c1cccc(=O)[nH]1. The molecule has 1 rings (SSSR count). The lowest BCUT2D eigenvalue weighted by molar-refractivity contribution is 0.0940. The first-order chi connectivity index (χ1) is 7.09. The Morgan fingerprint density at radius 1 is 1.60 bits per heavy atom. The number of carbonyl (C=O) groups is 1. The molecular formula is C10H14N2O3. The van der Waals surface area contributed by atoms with Crippen molar-refractivity contribution >= 4 is 5.91 Å². The van der Waals surface area contributed by atoms with Gasteiger partial charge in [-0.25, -0.2) is 0 Å². The number of hydrogen-bond donors (Lipinski definition) is 3. The number of aromatic nitrogens is 1. The highest BCUT2D eigenvalue weighted by molar-refractivity contribution is 5.92. The van der Waals surface area contributed by atoms with Crippen LogP contribution in [0.2, 0.25) is 0 Å². The van der Waals surface area contributed by atoms with Crippen molar-refractivity contribution in [1.29, 1.82) is 0 Å². The summed E-state index contributed by atoms with van der Waals surface area (Å²) in [6.07, 6.45) is 0.0446. The predicted octanol–water partition coefficient (Wildman–Crippen LogP) is -0.124. The summed E-state index contributed by atoms with van der Waals surface area (Å²) >= 11 is 0. The van der Waals surface area contributed by atoms with Crippen LogP contribution >= 0.6 is 0 Å². The molecular weight excluding hydrogens is 196 g/mol. The van der Waals surface area contributed by atoms with Crippen molar-refractivity contribution in [3.63, 3.8) is 0 Å². The lowest BCUT2D eigenvalue weighted by atomic mass is 10.3. The summed E-state index contributed by atoms with van der Waals surface area (Å²) in [5.41, 5.74) is -0.0775. The fraction of sp³-hybridized carbons (Fsp3) is 0.400. The smallest absolute Gasteiger partial charge is 0.267 e. The van der Waals surface area contributed by atoms with Gasteiger partial charge in [-0.3, -0.25) is 9.59 Å². The van der Waals surface area contributed by atoms with Gasteiger partial charge >= 0.3 is 0 Å². The number of aliphatic hydroxyl groups is 1. The highest BCUT2D eigenvalue weighted by Gasteiger charge is 2.05. The first-order valence-corrected chi connectivity index (χ1v) is 4.75. The van der Waals surface area contributed by atoms with Crippen LogP contribution in [0.25, 0.3) is 0 Å². The van der Waals surface area contributed by atoms with Crippen LogP contribution in [0.3, 0.4) is 0 Å². The molecule has 1 aromatic heterocycles. The number of amides is 1. The lowest BCUT2D eigenvalue weighted by Crippen LogP contribution is -2.28. The van der Waals surface area contributed by atoms with E-state index in [9.17, 15) is 9.59 Å². The van der Waals surface area contributed by atoms with E-state index in [0.29, 0.717) is 13.0 Å². The molecule has 1 unspecified atom stereocenters. The van der Waals surface area contributed by atoms with Crippen molar-refractivity contribution in [2.75, 3.05) is 6.54 Å². The molecule has 0 saturated heterocycles. The van der Waals surface area contributed by atoms with E-state index in [1.54, 1.807) is 6.92 Å². The maximum Gasteiger partial charge on any atom is 0.267 e. The number of aliphatic hydroxyl groups excluding tert-OH is 1. The second kappa shape index (κ2) is 5.31. The Morgan fingerprint density at radius 3 is 2.93 bits per heavy atom. The Hall–Kier alpha value is -1.62. The van der Waals surface area contributed by atoms with Crippen LogP contribution in [-0.4, -0.2) is 28.6 Å². The van der Waals surface area contributed by atoms with Gasteiger partial charge in [0.15, 0.2) is 0 Å². The van der Waals surface area contributed by atoms with Gasteiger partial charge < -0.3 is 15.4 Å². The minimum absolute atomic E-state index is 0.230. The van der Waals surface area contributed by atoms with Crippen LogP contribution < -0.4 is 10.9 Å². The second-order valence-electron chi connectivity index (χ2n) is 3.32. The molecule has 0 fully saturated rings. The van der Waals surface area contributed by atoms with Crippen LogP contribution in [-0.2, 0) is 0 Å². The van der Waals surface area contributed by atoms with Crippen molar-refractivity contribution in [1.82, 2.24) is 10.3 Å². The van der Waals surface area contributed by atoms with E-state index < -0.39 is 6.10 Å². The van der Waals surface area contributed by atoms with Gasteiger partial charge in [-0.15, -0.1) is 0 Å². The van der Waals surface area contributed by atoms with Gasteiger partial charge in [-0.2, -0.15) is 0 Å². The van der Waals surface area contributed by atoms with Gasteiger partial charge in [0.05, 0.1) is 6.10 Å². The van der Waals surface area contributed by atoms with Gasteiger partial charge in [0.1, 0.15) is 5.69 Å². The summed E-state index contributed by atoms with van der Waals surface area (Å²) in [4.78, 5) is 24.7. The summed E-state index contributed by atoms with van der Waals surface area (Å²) < 4.78 is 0. The standard InChI is InChI=1S/C10H14N2O3/c1-7(13)5-6-11-10(15)8-3-2-4-9(14)12-8/h2-4,7,13H,5-6H2,1H3,(H,11,15)(H,12,14). The number of carbonyl (C=O) groups excluding carboxylic acids is 1. The van der Waals surface area contributed by atoms with Crippen molar-refractivity contribution in [2.45, 2.75) is 19.4 Å². The maximum atomic E-state index is 11.4. The summed E-state index contributed by atoms with van der Waals surface area (Å²) in [6.45, 7) is 2.03. The molecule has 5 heteroatoms. The van der Waals surface area contributed by atoms with Crippen LogP contribution in [0.4, 0.5) is 0 Å². The quantitative estimate of drug-likeness (QED) is 0.647. The fourth-order valence-electron chi connectivity index (χ4n) is 1.07. The lowest BCUT2D eigenvalue weighted by Gasteiger charge is -2.06. The molecule has 0 bridgehead atoms. The van der Waals surface area contributed by atoms with E-state index in [0.717, 1.165) is 0 Å². The first kappa shape index (κ1) is 11.5. The summed E-state index contributed by atoms with van der Waals surface area (Å²) in [5, 5.41) is 11.6. The molecule has 0 spiro atoms. The number of rotatable bonds is 4. The first-order valence-electron chi connectivity index (χ1n) is 4.75. The number of hydrogen-bond acceptors (Lipinski definition) is 3. The highest BCUT2D eigenvalue weighted by Crippen LogP contribution is 1.91. The number of aromatic amines is 1. The van der Waals surface area contributed by atoms with Crippen molar-refractivity contribution in [3.05, 3.63) is 34.2 Å². The zero-order valence-corrected chi connectivity index (χ0v) is 8.49. The minimum atomic E-state index is -0.444. The van der Waals surface area contributed by atoms with Crippen LogP contribution in [0, 0.1) is 0 Å². The molecule has 1 amide bonds. The van der Waals surface area contributed by atoms with Crippen molar-refractivity contribution in [2.24, 2.45) is 0 Å². The maximum absolute atomic E-state index is 11.4. The van der Waals surface area contributed by atoms with Gasteiger partial charge in [0.25, 0.3) is 5.91 Å². The molecule has 3 N–H and O–H groups in total. The largest absolute Gasteiger partial charge is 0.393 e. The fourth-order valence-corrected chi connectivity index (χ4v) is 1.07. The Labute approximate surface area is 87.1 Å². The molecule has 0 radical (unpaired) electrons. The summed E-state index contributed by atoms with van der Waals surface area (Å²) in [7, 11) is 0. The van der Waals surface area contributed by atoms with Gasteiger partial charge in [-0.05, 0) is 19.4 Å². The predicted molar refractivity (Wildman–Crippen MR) is 55.7 cm³/mol. The average molecular weight is 210 g/mol. The average Bonchev–Trinajstić information content (AvgIpc) is 2.17. The molecule has 1 aromatic rings. The second-order valence-corrected chi connectivity index (χ2v) is 3.32. The third kappa shape index (κ3) is 3.95. The van der Waals surface area contributed by atoms with E-state index in [4.69, 9.17) is 5.11 Å². The number of nitrogens with one attached hydrogen (secondary N) is 2. The Morgan fingerprint density at radius 2 is 2.33 bits per heavy atom. The zero-order chi connectivity index (χ0) is 11.3. The van der Waals surface area contributed by atoms with E-state index in [-0.39, 0.29) is 17.2 Å². The van der Waals surface area contributed by atoms with E-state index in [1.807, 2.05) is 0 Å². The monoisotopic (exact) mass is 210 g/mol. The van der Waals surface area contributed by atoms with E-state index in [1.165, 1.54) is 18.2 Å². The minimum Gasteiger partial charge on any atom is -0.393 e. The number of pyridine rings is 1. The zero-order valence-electron chi connectivity index (χ0n) is 8.49. The van der Waals surface area contributed by atoms with Gasteiger partial charge in [-0.1, -0.05) is 6.07 Å². The molecule has 0 aliphatic rings. The van der Waals surface area contributed by atoms with Gasteiger partial charge in [0, 0.05) is 12.6 Å². The Balaban J connectivity index is 2.51. The molecule has 82 valence electrons. The van der Waals surface area contributed by atoms with Crippen LogP contribution in [0.5, 0.6) is 0 Å². The molecule has 15 heavy (non-hydrogen) atoms. The molecule has 1 atom stereocenters. The topological polar surface area (TPSA) is 82.2 Å². The van der Waals surface area contributed by atoms with Crippen molar-refractivity contribution < 1.29 is 9.90 Å². The van der Waals surface area contributed by atoms with E-state index in [2.05, 4.69) is 10.3 Å². The summed E-state index contributed by atoms with van der Waals surface area (Å²) in [6, 6.07) is 4.38. The molecule has 1 heterocycles. The molecule has 0 saturated carbocycles. The van der Waals surface area contributed by atoms with Crippen LogP contribution in [0.15, 0.2) is 23.0 Å². The normalized spacial score (nSPS) is 12.1. The Kier molecular flexibility index (Phi) is 4.05. The van der Waals surface area contributed by atoms with Gasteiger partial charge in [0.2, 0.25) is 5.56 Å². The third-order valence-corrected chi connectivity index (χ3v) is 1.86. The van der Waals surface area contributed by atoms with E-state index >= 15 is 0 Å². The molecule has 5 nitrogen and oxygen atoms in total.